The van der Waals surface area contributed by atoms with Crippen molar-refractivity contribution in [1.82, 2.24) is 9.97 Å². The molecule has 1 saturated carbocycles. The maximum atomic E-state index is 12.5. The van der Waals surface area contributed by atoms with E-state index in [0.717, 1.165) is 28.2 Å². The van der Waals surface area contributed by atoms with E-state index in [4.69, 9.17) is 0 Å². The largest absolute Gasteiger partial charge is 0.316 e. The summed E-state index contributed by atoms with van der Waals surface area (Å²) in [6.07, 6.45) is 4.49. The highest BCUT2D eigenvalue weighted by Crippen LogP contribution is 2.48. The van der Waals surface area contributed by atoms with Crippen LogP contribution in [0.1, 0.15) is 17.9 Å². The highest BCUT2D eigenvalue weighted by atomic mass is 32.1. The van der Waals surface area contributed by atoms with E-state index in [1.165, 1.54) is 11.3 Å². The van der Waals surface area contributed by atoms with E-state index >= 15 is 0 Å². The number of nitrogens with one attached hydrogen (secondary N) is 1. The zero-order valence-electron chi connectivity index (χ0n) is 12.3. The maximum Gasteiger partial charge on any atom is 0.228 e. The van der Waals surface area contributed by atoms with Gasteiger partial charge in [-0.3, -0.25) is 9.78 Å². The molecule has 0 bridgehead atoms. The number of aromatic nitrogens is 2. The van der Waals surface area contributed by atoms with Crippen molar-refractivity contribution in [3.05, 3.63) is 65.9 Å². The second-order valence-corrected chi connectivity index (χ2v) is 6.48. The Hall–Kier alpha value is -2.53. The molecule has 0 unspecified atom stereocenters. The molecule has 3 aromatic rings. The van der Waals surface area contributed by atoms with Crippen molar-refractivity contribution in [3.8, 4) is 11.3 Å². The Morgan fingerprint density at radius 2 is 2.04 bits per heavy atom. The van der Waals surface area contributed by atoms with E-state index in [-0.39, 0.29) is 17.7 Å². The summed E-state index contributed by atoms with van der Waals surface area (Å²) in [5, 5.41) is 3.86. The number of hydrogen-bond donors (Lipinski definition) is 1. The van der Waals surface area contributed by atoms with Crippen LogP contribution in [0, 0.1) is 5.92 Å². The van der Waals surface area contributed by atoms with Crippen molar-refractivity contribution in [2.45, 2.75) is 12.3 Å². The van der Waals surface area contributed by atoms with Gasteiger partial charge >= 0.3 is 0 Å². The van der Waals surface area contributed by atoms with Gasteiger partial charge in [0, 0.05) is 23.9 Å². The van der Waals surface area contributed by atoms with E-state index in [1.54, 1.807) is 11.7 Å². The summed E-state index contributed by atoms with van der Waals surface area (Å²) in [5.74, 6) is 0.391. The first kappa shape index (κ1) is 14.1. The second kappa shape index (κ2) is 5.93. The van der Waals surface area contributed by atoms with Crippen molar-refractivity contribution in [2.75, 3.05) is 5.32 Å². The van der Waals surface area contributed by atoms with Gasteiger partial charge in [0.25, 0.3) is 0 Å². The summed E-state index contributed by atoms with van der Waals surface area (Å²) < 4.78 is 0. The van der Waals surface area contributed by atoms with Crippen LogP contribution in [-0.4, -0.2) is 15.9 Å². The minimum absolute atomic E-state index is 0.0323. The van der Waals surface area contributed by atoms with Crippen molar-refractivity contribution >= 4 is 22.2 Å². The van der Waals surface area contributed by atoms with Crippen molar-refractivity contribution in [3.63, 3.8) is 0 Å². The Morgan fingerprint density at radius 1 is 1.17 bits per heavy atom. The Morgan fingerprint density at radius 3 is 2.83 bits per heavy atom. The minimum atomic E-state index is 0.0323. The normalized spacial score (nSPS) is 19.3. The van der Waals surface area contributed by atoms with Gasteiger partial charge in [0.2, 0.25) is 5.91 Å². The summed E-state index contributed by atoms with van der Waals surface area (Å²) in [5.41, 5.74) is 4.76. The molecule has 114 valence electrons. The number of hydrogen-bond acceptors (Lipinski definition) is 4. The molecule has 0 aliphatic heterocycles. The summed E-state index contributed by atoms with van der Waals surface area (Å²) in [6, 6.07) is 13.9. The van der Waals surface area contributed by atoms with Gasteiger partial charge < -0.3 is 5.32 Å². The molecule has 4 rings (SSSR count). The third-order valence-electron chi connectivity index (χ3n) is 4.09. The lowest BCUT2D eigenvalue weighted by molar-refractivity contribution is -0.117. The number of rotatable bonds is 4. The molecule has 4 nitrogen and oxygen atoms in total. The topological polar surface area (TPSA) is 54.9 Å². The van der Waals surface area contributed by atoms with Gasteiger partial charge in [-0.2, -0.15) is 0 Å². The predicted molar refractivity (Wildman–Crippen MR) is 91.3 cm³/mol. The van der Waals surface area contributed by atoms with Gasteiger partial charge in [0.1, 0.15) is 10.7 Å². The highest BCUT2D eigenvalue weighted by molar-refractivity contribution is 7.14. The molecule has 5 heteroatoms. The van der Waals surface area contributed by atoms with E-state index in [9.17, 15) is 4.79 Å². The van der Waals surface area contributed by atoms with E-state index in [2.05, 4.69) is 15.3 Å². The Balaban J connectivity index is 1.48. The van der Waals surface area contributed by atoms with E-state index < -0.39 is 0 Å². The van der Waals surface area contributed by atoms with Crippen molar-refractivity contribution < 1.29 is 4.79 Å². The quantitative estimate of drug-likeness (QED) is 0.791. The number of carbonyl (C=O) groups excluding carboxylic acids is 1. The minimum Gasteiger partial charge on any atom is -0.316 e. The Labute approximate surface area is 138 Å². The van der Waals surface area contributed by atoms with Crippen LogP contribution in [0.3, 0.4) is 0 Å². The van der Waals surface area contributed by atoms with Crippen LogP contribution >= 0.6 is 11.3 Å². The summed E-state index contributed by atoms with van der Waals surface area (Å²) in [7, 11) is 0. The van der Waals surface area contributed by atoms with Gasteiger partial charge in [-0.1, -0.05) is 36.4 Å². The third-order valence-corrected chi connectivity index (χ3v) is 4.83. The van der Waals surface area contributed by atoms with Gasteiger partial charge in [-0.25, -0.2) is 4.98 Å². The average Bonchev–Trinajstić information content (AvgIpc) is 3.29. The van der Waals surface area contributed by atoms with Gasteiger partial charge in [0.15, 0.2) is 0 Å². The Bertz CT molecular complexity index is 817. The first-order valence-electron chi connectivity index (χ1n) is 7.52. The van der Waals surface area contributed by atoms with Crippen molar-refractivity contribution in [2.24, 2.45) is 5.92 Å². The third kappa shape index (κ3) is 2.87. The summed E-state index contributed by atoms with van der Waals surface area (Å²) in [4.78, 5) is 21.0. The average molecular weight is 321 g/mol. The molecule has 2 atom stereocenters. The van der Waals surface area contributed by atoms with Crippen LogP contribution in [0.15, 0.2) is 60.4 Å². The van der Waals surface area contributed by atoms with Gasteiger partial charge in [-0.05, 0) is 24.0 Å². The number of anilines is 1. The fourth-order valence-corrected chi connectivity index (χ4v) is 3.49. The number of nitrogens with zero attached hydrogens (tertiary/aromatic N) is 2. The van der Waals surface area contributed by atoms with Crippen molar-refractivity contribution in [1.29, 1.82) is 0 Å². The van der Waals surface area contributed by atoms with Crippen LogP contribution in [0.4, 0.5) is 5.00 Å². The molecule has 1 N–H and O–H groups in total. The molecule has 0 radical (unpaired) electrons. The lowest BCUT2D eigenvalue weighted by Crippen LogP contribution is -2.14. The standard InChI is InChI=1S/C18H15N3OS/c22-17(15-9-14(15)13-7-4-8-19-10-13)21-18-16(20-11-23-18)12-5-2-1-3-6-12/h1-8,10-11,14-15H,9H2,(H,21,22)/t14-,15+/m0/s1. The van der Waals surface area contributed by atoms with Gasteiger partial charge in [0.05, 0.1) is 5.51 Å². The molecule has 1 amide bonds. The molecule has 0 saturated heterocycles. The molecule has 0 spiro atoms. The second-order valence-electron chi connectivity index (χ2n) is 5.62. The zero-order chi connectivity index (χ0) is 15.6. The fourth-order valence-electron chi connectivity index (χ4n) is 2.79. The lowest BCUT2D eigenvalue weighted by Gasteiger charge is -2.05. The predicted octanol–water partition coefficient (Wildman–Crippen LogP) is 3.95. The molecular weight excluding hydrogens is 306 g/mol. The Kier molecular flexibility index (Phi) is 3.63. The fraction of sp³-hybridized carbons (Fsp3) is 0.167. The van der Waals surface area contributed by atoms with Crippen LogP contribution in [0.2, 0.25) is 0 Å². The first-order chi connectivity index (χ1) is 11.3. The van der Waals surface area contributed by atoms with Crippen LogP contribution < -0.4 is 5.32 Å². The maximum absolute atomic E-state index is 12.5. The SMILES string of the molecule is O=C(Nc1scnc1-c1ccccc1)[C@@H]1C[C@H]1c1cccnc1. The molecule has 1 aliphatic carbocycles. The number of benzene rings is 1. The lowest BCUT2D eigenvalue weighted by atomic mass is 10.1. The monoisotopic (exact) mass is 321 g/mol. The molecule has 2 aromatic heterocycles. The molecule has 1 aliphatic rings. The summed E-state index contributed by atoms with van der Waals surface area (Å²) in [6.45, 7) is 0. The molecule has 1 aromatic carbocycles. The molecule has 23 heavy (non-hydrogen) atoms. The molecular formula is C18H15N3OS. The highest BCUT2D eigenvalue weighted by Gasteiger charge is 2.44. The smallest absolute Gasteiger partial charge is 0.228 e. The number of amides is 1. The number of thiazole rings is 1. The van der Waals surface area contributed by atoms with Gasteiger partial charge in [-0.15, -0.1) is 11.3 Å². The van der Waals surface area contributed by atoms with Crippen LogP contribution in [0.5, 0.6) is 0 Å². The first-order valence-corrected chi connectivity index (χ1v) is 8.40. The van der Waals surface area contributed by atoms with E-state index in [1.807, 2.05) is 48.7 Å². The summed E-state index contributed by atoms with van der Waals surface area (Å²) >= 11 is 1.46. The van der Waals surface area contributed by atoms with E-state index in [0.29, 0.717) is 0 Å². The number of pyridine rings is 1. The molecule has 1 fully saturated rings. The zero-order valence-corrected chi connectivity index (χ0v) is 13.2. The van der Waals surface area contributed by atoms with Crippen LogP contribution in [-0.2, 0) is 4.79 Å². The molecule has 2 heterocycles. The van der Waals surface area contributed by atoms with Crippen LogP contribution in [0.25, 0.3) is 11.3 Å². The number of carbonyl (C=O) groups is 1.